The number of benzene rings is 1. The lowest BCUT2D eigenvalue weighted by atomic mass is 10.2. The first-order valence-corrected chi connectivity index (χ1v) is 3.24. The highest BCUT2D eigenvalue weighted by atomic mass is 35.5. The van der Waals surface area contributed by atoms with Crippen molar-refractivity contribution in [2.45, 2.75) is 6.92 Å². The van der Waals surface area contributed by atoms with Gasteiger partial charge in [-0.15, -0.1) is 12.4 Å². The van der Waals surface area contributed by atoms with Gasteiger partial charge in [-0.05, 0) is 18.6 Å². The predicted molar refractivity (Wildman–Crippen MR) is 49.5 cm³/mol. The Morgan fingerprint density at radius 2 is 2.00 bits per heavy atom. The fourth-order valence-corrected chi connectivity index (χ4v) is 0.852. The van der Waals surface area contributed by atoms with Crippen LogP contribution in [0, 0.1) is 6.92 Å². The number of nitrogens with two attached hydrogens (primary N) is 1. The smallest absolute Gasteiger partial charge is 0.157 e. The van der Waals surface area contributed by atoms with Crippen LogP contribution in [0.2, 0.25) is 5.02 Å². The number of anilines is 1. The van der Waals surface area contributed by atoms with Crippen molar-refractivity contribution in [2.75, 3.05) is 5.73 Å². The summed E-state index contributed by atoms with van der Waals surface area (Å²) in [5.74, 6) is -0.0262. The van der Waals surface area contributed by atoms with Crippen molar-refractivity contribution in [1.82, 2.24) is 0 Å². The fourth-order valence-electron chi connectivity index (χ4n) is 0.680. The average Bonchev–Trinajstić information content (AvgIpc) is 1.93. The molecule has 0 saturated carbocycles. The second kappa shape index (κ2) is 3.69. The lowest BCUT2D eigenvalue weighted by molar-refractivity contribution is 0.478. The zero-order chi connectivity index (χ0) is 7.72. The Morgan fingerprint density at radius 3 is 2.45 bits per heavy atom. The molecule has 1 aromatic carbocycles. The molecule has 1 rings (SSSR count). The van der Waals surface area contributed by atoms with Crippen LogP contribution in [0.5, 0.6) is 5.75 Å². The van der Waals surface area contributed by atoms with Crippen molar-refractivity contribution in [3.8, 4) is 5.75 Å². The number of hydrogen-bond donors (Lipinski definition) is 2. The normalized spacial score (nSPS) is 8.91. The third-order valence-corrected chi connectivity index (χ3v) is 1.82. The molecule has 0 aliphatic rings. The Kier molecular flexibility index (Phi) is 3.49. The second-order valence-electron chi connectivity index (χ2n) is 2.13. The fraction of sp³-hybridized carbons (Fsp3) is 0.143. The molecule has 62 valence electrons. The van der Waals surface area contributed by atoms with Crippen molar-refractivity contribution in [1.29, 1.82) is 0 Å². The summed E-state index contributed by atoms with van der Waals surface area (Å²) < 4.78 is 0. The van der Waals surface area contributed by atoms with Gasteiger partial charge >= 0.3 is 0 Å². The molecule has 0 unspecified atom stereocenters. The van der Waals surface area contributed by atoms with Crippen molar-refractivity contribution < 1.29 is 5.11 Å². The summed E-state index contributed by atoms with van der Waals surface area (Å²) >= 11 is 5.65. The highest BCUT2D eigenvalue weighted by molar-refractivity contribution is 6.33. The first kappa shape index (κ1) is 10.4. The average molecular weight is 194 g/mol. The number of halogens is 2. The first-order chi connectivity index (χ1) is 4.63. The molecule has 2 nitrogen and oxygen atoms in total. The molecule has 0 saturated heterocycles. The third kappa shape index (κ3) is 1.91. The molecule has 0 radical (unpaired) electrons. The second-order valence-corrected chi connectivity index (χ2v) is 2.51. The minimum Gasteiger partial charge on any atom is -0.504 e. The zero-order valence-electron chi connectivity index (χ0n) is 5.97. The van der Waals surface area contributed by atoms with Crippen LogP contribution in [0.3, 0.4) is 0 Å². The van der Waals surface area contributed by atoms with Crippen LogP contribution in [-0.2, 0) is 0 Å². The standard InChI is InChI=1S/C7H8ClNO.ClH/c1-4-2-3-5(9)7(10)6(4)8;/h2-3,10H,9H2,1H3;1H. The summed E-state index contributed by atoms with van der Waals surface area (Å²) in [7, 11) is 0. The van der Waals surface area contributed by atoms with Gasteiger partial charge in [0, 0.05) is 0 Å². The minimum absolute atomic E-state index is 0. The minimum atomic E-state index is -0.0262. The molecule has 3 N–H and O–H groups in total. The van der Waals surface area contributed by atoms with Crippen LogP contribution in [0.4, 0.5) is 5.69 Å². The molecule has 0 aliphatic carbocycles. The third-order valence-electron chi connectivity index (χ3n) is 1.34. The van der Waals surface area contributed by atoms with E-state index in [1.54, 1.807) is 12.1 Å². The van der Waals surface area contributed by atoms with Gasteiger partial charge in [-0.2, -0.15) is 0 Å². The molecule has 0 fully saturated rings. The van der Waals surface area contributed by atoms with Gasteiger partial charge in [-0.1, -0.05) is 17.7 Å². The van der Waals surface area contributed by atoms with Crippen LogP contribution in [0.15, 0.2) is 12.1 Å². The first-order valence-electron chi connectivity index (χ1n) is 2.86. The maximum absolute atomic E-state index is 9.13. The van der Waals surface area contributed by atoms with E-state index < -0.39 is 0 Å². The summed E-state index contributed by atoms with van der Waals surface area (Å²) in [6.07, 6.45) is 0. The molecule has 0 atom stereocenters. The topological polar surface area (TPSA) is 46.2 Å². The van der Waals surface area contributed by atoms with E-state index in [-0.39, 0.29) is 18.2 Å². The lowest BCUT2D eigenvalue weighted by Crippen LogP contribution is -1.86. The molecule has 0 bridgehead atoms. The number of rotatable bonds is 0. The Labute approximate surface area is 76.4 Å². The van der Waals surface area contributed by atoms with Crippen LogP contribution in [0.25, 0.3) is 0 Å². The molecule has 0 aromatic heterocycles. The van der Waals surface area contributed by atoms with Gasteiger partial charge in [0.15, 0.2) is 5.75 Å². The molecule has 4 heteroatoms. The summed E-state index contributed by atoms with van der Waals surface area (Å²) in [4.78, 5) is 0. The van der Waals surface area contributed by atoms with Gasteiger partial charge in [-0.3, -0.25) is 0 Å². The molecule has 0 heterocycles. The monoisotopic (exact) mass is 193 g/mol. The largest absolute Gasteiger partial charge is 0.504 e. The highest BCUT2D eigenvalue weighted by Crippen LogP contribution is 2.31. The Hall–Kier alpha value is -0.600. The van der Waals surface area contributed by atoms with Gasteiger partial charge in [0.25, 0.3) is 0 Å². The lowest BCUT2D eigenvalue weighted by Gasteiger charge is -2.02. The van der Waals surface area contributed by atoms with E-state index >= 15 is 0 Å². The van der Waals surface area contributed by atoms with Crippen LogP contribution >= 0.6 is 24.0 Å². The number of phenols is 1. The van der Waals surface area contributed by atoms with Gasteiger partial charge in [0.2, 0.25) is 0 Å². The Bertz CT molecular complexity index is 236. The number of aromatic hydroxyl groups is 1. The molecule has 0 amide bonds. The Morgan fingerprint density at radius 1 is 1.45 bits per heavy atom. The number of nitrogen functional groups attached to an aromatic ring is 1. The van der Waals surface area contributed by atoms with Crippen LogP contribution in [0.1, 0.15) is 5.56 Å². The molecule has 1 aromatic rings. The summed E-state index contributed by atoms with van der Waals surface area (Å²) in [6, 6.07) is 3.38. The van der Waals surface area contributed by atoms with E-state index in [1.165, 1.54) is 0 Å². The van der Waals surface area contributed by atoms with E-state index in [9.17, 15) is 0 Å². The van der Waals surface area contributed by atoms with Crippen LogP contribution in [-0.4, -0.2) is 5.11 Å². The van der Waals surface area contributed by atoms with Crippen LogP contribution < -0.4 is 5.73 Å². The Balaban J connectivity index is 0.000001000. The molecular formula is C7H9Cl2NO. The molecule has 0 aliphatic heterocycles. The summed E-state index contributed by atoms with van der Waals surface area (Å²) in [5, 5.41) is 9.46. The summed E-state index contributed by atoms with van der Waals surface area (Å²) in [6.45, 7) is 1.81. The highest BCUT2D eigenvalue weighted by Gasteiger charge is 2.03. The number of hydrogen-bond acceptors (Lipinski definition) is 2. The van der Waals surface area contributed by atoms with E-state index in [0.29, 0.717) is 10.7 Å². The van der Waals surface area contributed by atoms with E-state index in [1.807, 2.05) is 6.92 Å². The van der Waals surface area contributed by atoms with Gasteiger partial charge in [0.1, 0.15) is 0 Å². The number of aryl methyl sites for hydroxylation is 1. The maximum Gasteiger partial charge on any atom is 0.157 e. The maximum atomic E-state index is 9.13. The SMILES string of the molecule is Cc1ccc(N)c(O)c1Cl.Cl. The van der Waals surface area contributed by atoms with Crippen molar-refractivity contribution in [2.24, 2.45) is 0 Å². The van der Waals surface area contributed by atoms with Gasteiger partial charge < -0.3 is 10.8 Å². The molecule has 0 spiro atoms. The van der Waals surface area contributed by atoms with E-state index in [4.69, 9.17) is 22.4 Å². The van der Waals surface area contributed by atoms with Crippen molar-refractivity contribution in [3.63, 3.8) is 0 Å². The zero-order valence-corrected chi connectivity index (χ0v) is 7.54. The number of phenolic OH excluding ortho intramolecular Hbond substituents is 1. The van der Waals surface area contributed by atoms with E-state index in [2.05, 4.69) is 0 Å². The van der Waals surface area contributed by atoms with Crippen molar-refractivity contribution in [3.05, 3.63) is 22.7 Å². The molecule has 11 heavy (non-hydrogen) atoms. The predicted octanol–water partition coefficient (Wildman–Crippen LogP) is 2.36. The van der Waals surface area contributed by atoms with Gasteiger partial charge in [0.05, 0.1) is 10.7 Å². The van der Waals surface area contributed by atoms with Crippen molar-refractivity contribution >= 4 is 29.7 Å². The quantitative estimate of drug-likeness (QED) is 0.491. The van der Waals surface area contributed by atoms with E-state index in [0.717, 1.165) is 5.56 Å². The van der Waals surface area contributed by atoms with Gasteiger partial charge in [-0.25, -0.2) is 0 Å². The molecular weight excluding hydrogens is 185 g/mol. The summed E-state index contributed by atoms with van der Waals surface area (Å²) in [5.41, 5.74) is 6.50.